The van der Waals surface area contributed by atoms with E-state index in [0.29, 0.717) is 17.9 Å². The van der Waals surface area contributed by atoms with Gasteiger partial charge in [-0.05, 0) is 24.6 Å². The van der Waals surface area contributed by atoms with Crippen LogP contribution in [0.5, 0.6) is 0 Å². The molecule has 0 saturated carbocycles. The van der Waals surface area contributed by atoms with Crippen molar-refractivity contribution in [1.82, 2.24) is 10.3 Å². The highest BCUT2D eigenvalue weighted by Crippen LogP contribution is 2.05. The maximum atomic E-state index is 11.8. The largest absolute Gasteiger partial charge is 0.397 e. The number of hydrogen-bond acceptors (Lipinski definition) is 3. The third-order valence-corrected chi connectivity index (χ3v) is 2.55. The molecule has 0 aliphatic carbocycles. The Morgan fingerprint density at radius 1 is 1.33 bits per heavy atom. The topological polar surface area (TPSA) is 68.0 Å². The van der Waals surface area contributed by atoms with E-state index in [2.05, 4.69) is 10.3 Å². The van der Waals surface area contributed by atoms with Crippen molar-refractivity contribution in [3.63, 3.8) is 0 Å². The van der Waals surface area contributed by atoms with Gasteiger partial charge in [0.1, 0.15) is 5.69 Å². The Bertz CT molecular complexity index is 549. The molecule has 18 heavy (non-hydrogen) atoms. The molecular formula is C14H15N3O. The van der Waals surface area contributed by atoms with Crippen LogP contribution >= 0.6 is 0 Å². The summed E-state index contributed by atoms with van der Waals surface area (Å²) in [5, 5.41) is 2.82. The number of nitrogen functional groups attached to an aromatic ring is 1. The van der Waals surface area contributed by atoms with Gasteiger partial charge in [-0.15, -0.1) is 0 Å². The molecule has 0 fully saturated rings. The van der Waals surface area contributed by atoms with Crippen LogP contribution < -0.4 is 11.1 Å². The highest BCUT2D eigenvalue weighted by Gasteiger charge is 2.06. The molecule has 0 saturated heterocycles. The lowest BCUT2D eigenvalue weighted by Crippen LogP contribution is -2.23. The number of aromatic nitrogens is 1. The molecule has 0 aliphatic rings. The average Bonchev–Trinajstić information content (AvgIpc) is 2.37. The van der Waals surface area contributed by atoms with Crippen molar-refractivity contribution in [3.8, 4) is 0 Å². The molecule has 1 aromatic heterocycles. The van der Waals surface area contributed by atoms with Gasteiger partial charge in [-0.25, -0.2) is 4.98 Å². The van der Waals surface area contributed by atoms with E-state index in [1.54, 1.807) is 12.1 Å². The second-order valence-electron chi connectivity index (χ2n) is 4.15. The van der Waals surface area contributed by atoms with Crippen LogP contribution in [0.1, 0.15) is 21.6 Å². The lowest BCUT2D eigenvalue weighted by atomic mass is 10.1. The smallest absolute Gasteiger partial charge is 0.270 e. The summed E-state index contributed by atoms with van der Waals surface area (Å²) in [5.41, 5.74) is 8.67. The number of aryl methyl sites for hydroxylation is 1. The van der Waals surface area contributed by atoms with Crippen LogP contribution in [0.4, 0.5) is 5.69 Å². The first-order valence-corrected chi connectivity index (χ1v) is 5.70. The first-order chi connectivity index (χ1) is 8.65. The Morgan fingerprint density at radius 3 is 2.83 bits per heavy atom. The number of carbonyl (C=O) groups is 1. The number of benzene rings is 1. The van der Waals surface area contributed by atoms with E-state index in [-0.39, 0.29) is 5.91 Å². The summed E-state index contributed by atoms with van der Waals surface area (Å²) in [6.45, 7) is 2.51. The number of carbonyl (C=O) groups excluding carboxylic acids is 1. The second-order valence-corrected chi connectivity index (χ2v) is 4.15. The average molecular weight is 241 g/mol. The highest BCUT2D eigenvalue weighted by atomic mass is 16.1. The minimum Gasteiger partial charge on any atom is -0.397 e. The molecule has 1 aromatic carbocycles. The Kier molecular flexibility index (Phi) is 3.57. The second kappa shape index (κ2) is 5.31. The Hall–Kier alpha value is -2.36. The number of amides is 1. The van der Waals surface area contributed by atoms with Crippen molar-refractivity contribution in [1.29, 1.82) is 0 Å². The Morgan fingerprint density at radius 2 is 2.17 bits per heavy atom. The number of nitrogens with zero attached hydrogens (tertiary/aromatic N) is 1. The third kappa shape index (κ3) is 3.07. The number of anilines is 1. The summed E-state index contributed by atoms with van der Waals surface area (Å²) in [6, 6.07) is 11.3. The fourth-order valence-corrected chi connectivity index (χ4v) is 1.63. The molecule has 1 amide bonds. The van der Waals surface area contributed by atoms with Gasteiger partial charge in [0.15, 0.2) is 0 Å². The van der Waals surface area contributed by atoms with Gasteiger partial charge in [-0.1, -0.05) is 29.8 Å². The molecule has 0 radical (unpaired) electrons. The molecule has 2 rings (SSSR count). The maximum Gasteiger partial charge on any atom is 0.270 e. The van der Waals surface area contributed by atoms with Crippen molar-refractivity contribution in [3.05, 3.63) is 59.4 Å². The van der Waals surface area contributed by atoms with E-state index in [4.69, 9.17) is 5.73 Å². The zero-order valence-electron chi connectivity index (χ0n) is 10.2. The quantitative estimate of drug-likeness (QED) is 0.862. The van der Waals surface area contributed by atoms with E-state index < -0.39 is 0 Å². The summed E-state index contributed by atoms with van der Waals surface area (Å²) >= 11 is 0. The molecule has 0 unspecified atom stereocenters. The van der Waals surface area contributed by atoms with Gasteiger partial charge in [0, 0.05) is 6.54 Å². The molecule has 1 heterocycles. The van der Waals surface area contributed by atoms with Crippen LogP contribution in [0.2, 0.25) is 0 Å². The minimum absolute atomic E-state index is 0.198. The highest BCUT2D eigenvalue weighted by molar-refractivity contribution is 5.92. The van der Waals surface area contributed by atoms with Crippen molar-refractivity contribution < 1.29 is 4.79 Å². The fourth-order valence-electron chi connectivity index (χ4n) is 1.63. The summed E-state index contributed by atoms with van der Waals surface area (Å²) in [5.74, 6) is -0.198. The summed E-state index contributed by atoms with van der Waals surface area (Å²) in [4.78, 5) is 15.8. The zero-order valence-corrected chi connectivity index (χ0v) is 10.2. The van der Waals surface area contributed by atoms with Crippen LogP contribution in [0.15, 0.2) is 42.6 Å². The Labute approximate surface area is 106 Å². The number of pyridine rings is 1. The summed E-state index contributed by atoms with van der Waals surface area (Å²) in [7, 11) is 0. The van der Waals surface area contributed by atoms with Gasteiger partial charge in [-0.3, -0.25) is 4.79 Å². The molecule has 3 N–H and O–H groups in total. The SMILES string of the molecule is Cc1cccc(CNC(=O)c2ccc(N)cn2)c1. The van der Waals surface area contributed by atoms with Gasteiger partial charge in [-0.2, -0.15) is 0 Å². The molecular weight excluding hydrogens is 226 g/mol. The maximum absolute atomic E-state index is 11.8. The first-order valence-electron chi connectivity index (χ1n) is 5.70. The normalized spacial score (nSPS) is 10.1. The molecule has 4 heteroatoms. The number of rotatable bonds is 3. The van der Waals surface area contributed by atoms with Gasteiger partial charge in [0.25, 0.3) is 5.91 Å². The fraction of sp³-hybridized carbons (Fsp3) is 0.143. The molecule has 4 nitrogen and oxygen atoms in total. The van der Waals surface area contributed by atoms with Crippen LogP contribution in [0.25, 0.3) is 0 Å². The predicted octanol–water partition coefficient (Wildman–Crippen LogP) is 1.90. The van der Waals surface area contributed by atoms with E-state index in [1.165, 1.54) is 11.8 Å². The van der Waals surface area contributed by atoms with Gasteiger partial charge in [0.2, 0.25) is 0 Å². The molecule has 92 valence electrons. The number of nitrogens with one attached hydrogen (secondary N) is 1. The lowest BCUT2D eigenvalue weighted by Gasteiger charge is -2.05. The van der Waals surface area contributed by atoms with Crippen molar-refractivity contribution in [2.45, 2.75) is 13.5 Å². The number of hydrogen-bond donors (Lipinski definition) is 2. The Balaban J connectivity index is 1.98. The molecule has 0 atom stereocenters. The standard InChI is InChI=1S/C14H15N3O/c1-10-3-2-4-11(7-10)8-17-14(18)13-6-5-12(15)9-16-13/h2-7,9H,8,15H2,1H3,(H,17,18). The third-order valence-electron chi connectivity index (χ3n) is 2.55. The zero-order chi connectivity index (χ0) is 13.0. The van der Waals surface area contributed by atoms with Crippen LogP contribution in [0.3, 0.4) is 0 Å². The van der Waals surface area contributed by atoms with E-state index >= 15 is 0 Å². The van der Waals surface area contributed by atoms with Crippen LogP contribution in [-0.4, -0.2) is 10.9 Å². The lowest BCUT2D eigenvalue weighted by molar-refractivity contribution is 0.0946. The minimum atomic E-state index is -0.198. The van der Waals surface area contributed by atoms with Gasteiger partial charge < -0.3 is 11.1 Å². The molecule has 0 bridgehead atoms. The number of nitrogens with two attached hydrogens (primary N) is 1. The van der Waals surface area contributed by atoms with E-state index in [1.807, 2.05) is 31.2 Å². The van der Waals surface area contributed by atoms with Crippen molar-refractivity contribution >= 4 is 11.6 Å². The molecule has 2 aromatic rings. The first kappa shape index (κ1) is 12.1. The van der Waals surface area contributed by atoms with Crippen molar-refractivity contribution in [2.75, 3.05) is 5.73 Å². The van der Waals surface area contributed by atoms with Crippen LogP contribution in [-0.2, 0) is 6.54 Å². The molecule has 0 spiro atoms. The van der Waals surface area contributed by atoms with Gasteiger partial charge in [0.05, 0.1) is 11.9 Å². The van der Waals surface area contributed by atoms with E-state index in [0.717, 1.165) is 5.56 Å². The van der Waals surface area contributed by atoms with E-state index in [9.17, 15) is 4.79 Å². The summed E-state index contributed by atoms with van der Waals surface area (Å²) < 4.78 is 0. The monoisotopic (exact) mass is 241 g/mol. The predicted molar refractivity (Wildman–Crippen MR) is 71.0 cm³/mol. The van der Waals surface area contributed by atoms with Crippen molar-refractivity contribution in [2.24, 2.45) is 0 Å². The van der Waals surface area contributed by atoms with Crippen LogP contribution in [0, 0.1) is 6.92 Å². The van der Waals surface area contributed by atoms with Gasteiger partial charge >= 0.3 is 0 Å². The molecule has 0 aliphatic heterocycles. The summed E-state index contributed by atoms with van der Waals surface area (Å²) in [6.07, 6.45) is 1.47.